The number of amides is 2. The van der Waals surface area contributed by atoms with E-state index in [1.807, 2.05) is 23.6 Å². The Morgan fingerprint density at radius 1 is 1.26 bits per heavy atom. The molecule has 3 heterocycles. The van der Waals surface area contributed by atoms with Crippen LogP contribution >= 0.6 is 0 Å². The predicted molar refractivity (Wildman–Crippen MR) is 103 cm³/mol. The number of carbonyl (C=O) groups excluding carboxylic acids is 2. The summed E-state index contributed by atoms with van der Waals surface area (Å²) in [6.07, 6.45) is 7.93. The van der Waals surface area contributed by atoms with Crippen LogP contribution in [0, 0.1) is 0 Å². The molecular formula is C20H27N5O2. The number of pyridine rings is 1. The Hall–Kier alpha value is -2.70. The summed E-state index contributed by atoms with van der Waals surface area (Å²) in [6.45, 7) is 3.95. The molecule has 0 radical (unpaired) electrons. The molecule has 0 atom stereocenters. The molecule has 2 aromatic rings. The van der Waals surface area contributed by atoms with Crippen molar-refractivity contribution in [2.24, 2.45) is 0 Å². The Kier molecular flexibility index (Phi) is 6.21. The molecule has 27 heavy (non-hydrogen) atoms. The molecule has 1 N–H and O–H groups in total. The summed E-state index contributed by atoms with van der Waals surface area (Å²) in [4.78, 5) is 35.6. The van der Waals surface area contributed by atoms with Gasteiger partial charge >= 0.3 is 0 Å². The Morgan fingerprint density at radius 2 is 2.04 bits per heavy atom. The number of rotatable bonds is 7. The zero-order valence-corrected chi connectivity index (χ0v) is 16.1. The Balaban J connectivity index is 1.77. The molecular weight excluding hydrogens is 342 g/mol. The average molecular weight is 369 g/mol. The van der Waals surface area contributed by atoms with Crippen LogP contribution < -0.4 is 5.32 Å². The maximum atomic E-state index is 13.0. The molecule has 0 saturated heterocycles. The van der Waals surface area contributed by atoms with Gasteiger partial charge in [-0.05, 0) is 49.8 Å². The third-order valence-electron chi connectivity index (χ3n) is 4.89. The molecule has 0 aromatic carbocycles. The number of nitrogens with zero attached hydrogens (tertiary/aromatic N) is 4. The average Bonchev–Trinajstić information content (AvgIpc) is 3.10. The van der Waals surface area contributed by atoms with Crippen molar-refractivity contribution < 1.29 is 9.59 Å². The number of aromatic nitrogens is 3. The van der Waals surface area contributed by atoms with Crippen LogP contribution in [0.5, 0.6) is 0 Å². The second-order valence-electron chi connectivity index (χ2n) is 6.93. The van der Waals surface area contributed by atoms with Crippen LogP contribution in [-0.4, -0.2) is 51.4 Å². The first-order chi connectivity index (χ1) is 13.1. The standard InChI is InChI=1S/C20H27N5O2/c1-3-10-22-19(26)17-16-6-4-5-13-25(16)18(23-17)20(27)24(2)14-9-15-7-11-21-12-8-15/h7-8,11-12H,3-6,9-10,13-14H2,1-2H3,(H,22,26). The van der Waals surface area contributed by atoms with Gasteiger partial charge in [0.05, 0.1) is 5.69 Å². The van der Waals surface area contributed by atoms with Gasteiger partial charge in [0.25, 0.3) is 11.8 Å². The number of fused-ring (bicyclic) bond motifs is 1. The molecule has 0 fully saturated rings. The molecule has 144 valence electrons. The van der Waals surface area contributed by atoms with Gasteiger partial charge < -0.3 is 14.8 Å². The lowest BCUT2D eigenvalue weighted by molar-refractivity contribution is 0.0778. The second kappa shape index (κ2) is 8.79. The van der Waals surface area contributed by atoms with E-state index < -0.39 is 0 Å². The van der Waals surface area contributed by atoms with Gasteiger partial charge in [0, 0.05) is 39.1 Å². The number of likely N-dealkylation sites (N-methyl/N-ethyl adjacent to an activating group) is 1. The summed E-state index contributed by atoms with van der Waals surface area (Å²) >= 11 is 0. The van der Waals surface area contributed by atoms with Crippen molar-refractivity contribution in [3.8, 4) is 0 Å². The van der Waals surface area contributed by atoms with Gasteiger partial charge in [-0.15, -0.1) is 0 Å². The highest BCUT2D eigenvalue weighted by atomic mass is 16.2. The lowest BCUT2D eigenvalue weighted by Gasteiger charge is -2.20. The Bertz CT molecular complexity index is 800. The molecule has 7 nitrogen and oxygen atoms in total. The normalized spacial score (nSPS) is 13.1. The minimum atomic E-state index is -0.180. The Labute approximate surface area is 159 Å². The topological polar surface area (TPSA) is 80.1 Å². The van der Waals surface area contributed by atoms with Gasteiger partial charge in [0.15, 0.2) is 5.82 Å². The summed E-state index contributed by atoms with van der Waals surface area (Å²) < 4.78 is 1.94. The highest BCUT2D eigenvalue weighted by molar-refractivity contribution is 5.97. The van der Waals surface area contributed by atoms with Crippen LogP contribution in [0.4, 0.5) is 0 Å². The fourth-order valence-corrected chi connectivity index (χ4v) is 3.33. The molecule has 0 saturated carbocycles. The lowest BCUT2D eigenvalue weighted by Crippen LogP contribution is -2.32. The van der Waals surface area contributed by atoms with Crippen molar-refractivity contribution in [1.29, 1.82) is 0 Å². The van der Waals surface area contributed by atoms with Crippen LogP contribution in [0.1, 0.15) is 58.6 Å². The van der Waals surface area contributed by atoms with Gasteiger partial charge in [-0.2, -0.15) is 0 Å². The van der Waals surface area contributed by atoms with Crippen molar-refractivity contribution in [1.82, 2.24) is 24.8 Å². The second-order valence-corrected chi connectivity index (χ2v) is 6.93. The summed E-state index contributed by atoms with van der Waals surface area (Å²) in [5.74, 6) is 0.0614. The maximum absolute atomic E-state index is 13.0. The van der Waals surface area contributed by atoms with Crippen molar-refractivity contribution in [2.75, 3.05) is 20.1 Å². The smallest absolute Gasteiger partial charge is 0.289 e. The van der Waals surface area contributed by atoms with Crippen LogP contribution in [0.3, 0.4) is 0 Å². The Morgan fingerprint density at radius 3 is 2.78 bits per heavy atom. The first kappa shape index (κ1) is 19.1. The molecule has 0 unspecified atom stereocenters. The summed E-state index contributed by atoms with van der Waals surface area (Å²) in [7, 11) is 1.78. The fraction of sp³-hybridized carbons (Fsp3) is 0.500. The minimum Gasteiger partial charge on any atom is -0.351 e. The van der Waals surface area contributed by atoms with Gasteiger partial charge in [-0.3, -0.25) is 14.6 Å². The molecule has 0 spiro atoms. The molecule has 0 bridgehead atoms. The van der Waals surface area contributed by atoms with E-state index in [9.17, 15) is 9.59 Å². The summed E-state index contributed by atoms with van der Waals surface area (Å²) in [5.41, 5.74) is 2.43. The van der Waals surface area contributed by atoms with Gasteiger partial charge in [0.1, 0.15) is 5.69 Å². The predicted octanol–water partition coefficient (Wildman–Crippen LogP) is 2.07. The van der Waals surface area contributed by atoms with Crippen LogP contribution in [0.2, 0.25) is 0 Å². The van der Waals surface area contributed by atoms with Crippen LogP contribution in [0.15, 0.2) is 24.5 Å². The largest absolute Gasteiger partial charge is 0.351 e. The number of carbonyl (C=O) groups is 2. The van der Waals surface area contributed by atoms with E-state index >= 15 is 0 Å². The SMILES string of the molecule is CCCNC(=O)c1nc(C(=O)N(C)CCc2ccncc2)n2c1CCCC2. The number of hydrogen-bond acceptors (Lipinski definition) is 4. The van der Waals surface area contributed by atoms with Crippen molar-refractivity contribution in [3.05, 3.63) is 47.3 Å². The van der Waals surface area contributed by atoms with E-state index in [1.54, 1.807) is 24.3 Å². The van der Waals surface area contributed by atoms with Gasteiger partial charge in [0.2, 0.25) is 0 Å². The first-order valence-electron chi connectivity index (χ1n) is 9.63. The van der Waals surface area contributed by atoms with Crippen molar-refractivity contribution >= 4 is 11.8 Å². The monoisotopic (exact) mass is 369 g/mol. The van der Waals surface area contributed by atoms with Crippen LogP contribution in [0.25, 0.3) is 0 Å². The number of imidazole rings is 1. The van der Waals surface area contributed by atoms with E-state index in [-0.39, 0.29) is 11.8 Å². The van der Waals surface area contributed by atoms with Crippen molar-refractivity contribution in [2.45, 2.75) is 45.6 Å². The molecule has 3 rings (SSSR count). The quantitative estimate of drug-likeness (QED) is 0.810. The zero-order valence-electron chi connectivity index (χ0n) is 16.1. The molecule has 1 aliphatic heterocycles. The molecule has 1 aliphatic rings. The van der Waals surface area contributed by atoms with Crippen LogP contribution in [-0.2, 0) is 19.4 Å². The fourth-order valence-electron chi connectivity index (χ4n) is 3.33. The van der Waals surface area contributed by atoms with Gasteiger partial charge in [-0.25, -0.2) is 4.98 Å². The van der Waals surface area contributed by atoms with E-state index in [0.717, 1.165) is 49.9 Å². The summed E-state index contributed by atoms with van der Waals surface area (Å²) in [6, 6.07) is 3.90. The van der Waals surface area contributed by atoms with Gasteiger partial charge in [-0.1, -0.05) is 6.92 Å². The third kappa shape index (κ3) is 4.35. The molecule has 2 amide bonds. The van der Waals surface area contributed by atoms with E-state index in [1.165, 1.54) is 0 Å². The third-order valence-corrected chi connectivity index (χ3v) is 4.89. The lowest BCUT2D eigenvalue weighted by atomic mass is 10.1. The minimum absolute atomic E-state index is 0.137. The highest BCUT2D eigenvalue weighted by Gasteiger charge is 2.28. The highest BCUT2D eigenvalue weighted by Crippen LogP contribution is 2.22. The van der Waals surface area contributed by atoms with E-state index in [4.69, 9.17) is 0 Å². The summed E-state index contributed by atoms with van der Waals surface area (Å²) in [5, 5.41) is 2.88. The van der Waals surface area contributed by atoms with E-state index in [2.05, 4.69) is 15.3 Å². The first-order valence-corrected chi connectivity index (χ1v) is 9.63. The van der Waals surface area contributed by atoms with E-state index in [0.29, 0.717) is 24.6 Å². The molecule has 2 aromatic heterocycles. The maximum Gasteiger partial charge on any atom is 0.289 e. The molecule has 0 aliphatic carbocycles. The van der Waals surface area contributed by atoms with Crippen molar-refractivity contribution in [3.63, 3.8) is 0 Å². The molecule has 7 heteroatoms. The number of nitrogens with one attached hydrogen (secondary N) is 1. The number of hydrogen-bond donors (Lipinski definition) is 1. The zero-order chi connectivity index (χ0) is 19.2.